The maximum atomic E-state index is 12.8. The summed E-state index contributed by atoms with van der Waals surface area (Å²) >= 11 is 0. The van der Waals surface area contributed by atoms with E-state index in [4.69, 9.17) is 14.2 Å². The maximum absolute atomic E-state index is 12.8. The molecule has 2 aliphatic rings. The van der Waals surface area contributed by atoms with Gasteiger partial charge < -0.3 is 14.2 Å². The van der Waals surface area contributed by atoms with Crippen LogP contribution < -0.4 is 0 Å². The third kappa shape index (κ3) is 3.77. The molecular weight excluding hydrogens is 360 g/mol. The molecule has 0 aromatic carbocycles. The average molecular weight is 390 g/mol. The molecule has 6 unspecified atom stereocenters. The van der Waals surface area contributed by atoms with Crippen molar-refractivity contribution in [3.05, 3.63) is 37.0 Å². The number of rotatable bonds is 6. The Bertz CT molecular complexity index is 737. The SMILES string of the molecule is C=CC1(C)CC(OC(=O)CC(=C)C)C2C(OC(=O)C2(C)OC(C)=O)C1C(=C)C. The highest BCUT2D eigenvalue weighted by molar-refractivity contribution is 5.85. The number of fused-ring (bicyclic) bond motifs is 1. The molecule has 6 heteroatoms. The Labute approximate surface area is 166 Å². The van der Waals surface area contributed by atoms with Crippen LogP contribution >= 0.6 is 0 Å². The lowest BCUT2D eigenvalue weighted by Crippen LogP contribution is -2.57. The maximum Gasteiger partial charge on any atom is 0.351 e. The lowest BCUT2D eigenvalue weighted by Gasteiger charge is -2.49. The molecule has 2 rings (SSSR count). The fourth-order valence-electron chi connectivity index (χ4n) is 4.70. The highest BCUT2D eigenvalue weighted by Crippen LogP contribution is 2.55. The minimum Gasteiger partial charge on any atom is -0.461 e. The Morgan fingerprint density at radius 2 is 1.86 bits per heavy atom. The molecule has 0 amide bonds. The molecule has 1 saturated carbocycles. The van der Waals surface area contributed by atoms with Crippen LogP contribution in [0.4, 0.5) is 0 Å². The van der Waals surface area contributed by atoms with Gasteiger partial charge in [-0.05, 0) is 32.6 Å². The zero-order valence-corrected chi connectivity index (χ0v) is 17.4. The summed E-state index contributed by atoms with van der Waals surface area (Å²) in [6.45, 7) is 20.1. The van der Waals surface area contributed by atoms with Crippen molar-refractivity contribution in [3.63, 3.8) is 0 Å². The normalized spacial score (nSPS) is 36.7. The highest BCUT2D eigenvalue weighted by atomic mass is 16.6. The molecule has 0 bridgehead atoms. The summed E-state index contributed by atoms with van der Waals surface area (Å²) in [7, 11) is 0. The van der Waals surface area contributed by atoms with Crippen LogP contribution in [-0.4, -0.2) is 35.7 Å². The molecule has 2 fully saturated rings. The summed E-state index contributed by atoms with van der Waals surface area (Å²) < 4.78 is 16.9. The summed E-state index contributed by atoms with van der Waals surface area (Å²) in [6, 6.07) is 0. The molecule has 6 atom stereocenters. The minimum atomic E-state index is -1.54. The fourth-order valence-corrected chi connectivity index (χ4v) is 4.70. The van der Waals surface area contributed by atoms with E-state index in [0.29, 0.717) is 12.0 Å². The average Bonchev–Trinajstić information content (AvgIpc) is 2.76. The summed E-state index contributed by atoms with van der Waals surface area (Å²) in [5.41, 5.74) is -0.557. The Hall–Kier alpha value is -2.37. The smallest absolute Gasteiger partial charge is 0.351 e. The second-order valence-corrected chi connectivity index (χ2v) is 8.50. The second-order valence-electron chi connectivity index (χ2n) is 8.50. The lowest BCUT2D eigenvalue weighted by atomic mass is 9.57. The van der Waals surface area contributed by atoms with Crippen molar-refractivity contribution in [2.24, 2.45) is 17.3 Å². The predicted molar refractivity (Wildman–Crippen MR) is 104 cm³/mol. The van der Waals surface area contributed by atoms with Gasteiger partial charge in [0.25, 0.3) is 0 Å². The Morgan fingerprint density at radius 3 is 2.32 bits per heavy atom. The predicted octanol–water partition coefficient (Wildman–Crippen LogP) is 3.52. The van der Waals surface area contributed by atoms with Gasteiger partial charge in [-0.15, -0.1) is 6.58 Å². The van der Waals surface area contributed by atoms with Crippen LogP contribution in [0, 0.1) is 17.3 Å². The van der Waals surface area contributed by atoms with Gasteiger partial charge in [0, 0.05) is 12.8 Å². The van der Waals surface area contributed by atoms with Crippen LogP contribution in [0.15, 0.2) is 37.0 Å². The van der Waals surface area contributed by atoms with Crippen LogP contribution in [0.5, 0.6) is 0 Å². The molecule has 1 heterocycles. The molecule has 0 radical (unpaired) electrons. The van der Waals surface area contributed by atoms with Crippen molar-refractivity contribution in [2.75, 3.05) is 0 Å². The topological polar surface area (TPSA) is 78.9 Å². The van der Waals surface area contributed by atoms with Gasteiger partial charge in [-0.25, -0.2) is 4.79 Å². The molecule has 0 aromatic rings. The first-order valence-corrected chi connectivity index (χ1v) is 9.39. The molecule has 154 valence electrons. The first-order valence-electron chi connectivity index (χ1n) is 9.39. The van der Waals surface area contributed by atoms with Gasteiger partial charge in [0.05, 0.1) is 12.3 Å². The third-order valence-corrected chi connectivity index (χ3v) is 5.80. The van der Waals surface area contributed by atoms with Gasteiger partial charge in [0.15, 0.2) is 0 Å². The van der Waals surface area contributed by atoms with Gasteiger partial charge >= 0.3 is 17.9 Å². The third-order valence-electron chi connectivity index (χ3n) is 5.80. The Kier molecular flexibility index (Phi) is 5.93. The monoisotopic (exact) mass is 390 g/mol. The molecule has 0 N–H and O–H groups in total. The fraction of sp³-hybridized carbons (Fsp3) is 0.591. The van der Waals surface area contributed by atoms with Crippen molar-refractivity contribution in [2.45, 2.75) is 65.3 Å². The molecule has 6 nitrogen and oxygen atoms in total. The minimum absolute atomic E-state index is 0.0711. The quantitative estimate of drug-likeness (QED) is 0.392. The number of hydrogen-bond acceptors (Lipinski definition) is 6. The molecule has 1 aliphatic heterocycles. The van der Waals surface area contributed by atoms with E-state index in [1.54, 1.807) is 13.0 Å². The van der Waals surface area contributed by atoms with Crippen LogP contribution in [0.3, 0.4) is 0 Å². The van der Waals surface area contributed by atoms with E-state index in [1.807, 2.05) is 13.8 Å². The van der Waals surface area contributed by atoms with Gasteiger partial charge in [-0.1, -0.05) is 37.3 Å². The van der Waals surface area contributed by atoms with Gasteiger partial charge in [-0.2, -0.15) is 0 Å². The molecule has 28 heavy (non-hydrogen) atoms. The first kappa shape index (κ1) is 21.9. The van der Waals surface area contributed by atoms with Crippen LogP contribution in [-0.2, 0) is 28.6 Å². The number of carbonyl (C=O) groups excluding carboxylic acids is 3. The van der Waals surface area contributed by atoms with E-state index >= 15 is 0 Å². The lowest BCUT2D eigenvalue weighted by molar-refractivity contribution is -0.181. The number of esters is 3. The molecular formula is C22H30O6. The largest absolute Gasteiger partial charge is 0.461 e. The van der Waals surface area contributed by atoms with E-state index in [1.165, 1.54) is 13.8 Å². The second kappa shape index (κ2) is 7.57. The van der Waals surface area contributed by atoms with Gasteiger partial charge in [-0.3, -0.25) is 9.59 Å². The molecule has 0 aromatic heterocycles. The first-order chi connectivity index (χ1) is 12.9. The zero-order chi connectivity index (χ0) is 21.4. The van der Waals surface area contributed by atoms with Gasteiger partial charge in [0.1, 0.15) is 12.2 Å². The zero-order valence-electron chi connectivity index (χ0n) is 17.4. The Balaban J connectivity index is 2.53. The number of ether oxygens (including phenoxy) is 3. The van der Waals surface area contributed by atoms with Gasteiger partial charge in [0.2, 0.25) is 5.60 Å². The summed E-state index contributed by atoms with van der Waals surface area (Å²) in [5, 5.41) is 0. The Morgan fingerprint density at radius 1 is 1.25 bits per heavy atom. The molecule has 0 spiro atoms. The number of hydrogen-bond donors (Lipinski definition) is 0. The van der Waals surface area contributed by atoms with E-state index < -0.39 is 47.0 Å². The van der Waals surface area contributed by atoms with Crippen LogP contribution in [0.2, 0.25) is 0 Å². The van der Waals surface area contributed by atoms with Crippen LogP contribution in [0.25, 0.3) is 0 Å². The number of allylic oxidation sites excluding steroid dienone is 1. The van der Waals surface area contributed by atoms with Crippen molar-refractivity contribution in [1.82, 2.24) is 0 Å². The van der Waals surface area contributed by atoms with Crippen molar-refractivity contribution < 1.29 is 28.6 Å². The number of carbonyl (C=O) groups is 3. The molecule has 1 saturated heterocycles. The standard InChI is InChI=1S/C22H30O6/c1-9-21(7)11-15(26-16(24)10-12(2)3)18-19(17(21)13(4)5)27-20(25)22(18,8)28-14(6)23/h9,15,17-19H,1-2,4,10-11H2,3,5-8H3. The van der Waals surface area contributed by atoms with Crippen molar-refractivity contribution in [1.29, 1.82) is 0 Å². The van der Waals surface area contributed by atoms with Crippen molar-refractivity contribution in [3.8, 4) is 0 Å². The highest BCUT2D eigenvalue weighted by Gasteiger charge is 2.67. The van der Waals surface area contributed by atoms with E-state index in [-0.39, 0.29) is 12.3 Å². The molecule has 1 aliphatic carbocycles. The van der Waals surface area contributed by atoms with Crippen molar-refractivity contribution >= 4 is 17.9 Å². The van der Waals surface area contributed by atoms with E-state index in [2.05, 4.69) is 19.7 Å². The summed E-state index contributed by atoms with van der Waals surface area (Å²) in [4.78, 5) is 36.9. The summed E-state index contributed by atoms with van der Waals surface area (Å²) in [5.74, 6) is -2.57. The van der Waals surface area contributed by atoms with Crippen LogP contribution in [0.1, 0.15) is 47.5 Å². The summed E-state index contributed by atoms with van der Waals surface area (Å²) in [6.07, 6.45) is 0.934. The van der Waals surface area contributed by atoms with E-state index in [9.17, 15) is 14.4 Å². The van der Waals surface area contributed by atoms with E-state index in [0.717, 1.165) is 5.57 Å².